The first-order chi connectivity index (χ1) is 9.72. The van der Waals surface area contributed by atoms with Gasteiger partial charge in [-0.3, -0.25) is 9.88 Å². The molecule has 1 atom stereocenters. The van der Waals surface area contributed by atoms with Gasteiger partial charge in [-0.15, -0.1) is 0 Å². The summed E-state index contributed by atoms with van der Waals surface area (Å²) in [5.41, 5.74) is 8.52. The molecule has 20 heavy (non-hydrogen) atoms. The van der Waals surface area contributed by atoms with E-state index >= 15 is 0 Å². The average Bonchev–Trinajstić information content (AvgIpc) is 2.49. The summed E-state index contributed by atoms with van der Waals surface area (Å²) in [5, 5.41) is 0. The smallest absolute Gasteiger partial charge is 0.0491 e. The minimum absolute atomic E-state index is 0.198. The molecule has 3 nitrogen and oxygen atoms in total. The number of rotatable bonds is 6. The summed E-state index contributed by atoms with van der Waals surface area (Å²) in [6.07, 6.45) is 3.71. The van der Waals surface area contributed by atoms with Gasteiger partial charge in [0.2, 0.25) is 0 Å². The second-order valence-electron chi connectivity index (χ2n) is 5.29. The summed E-state index contributed by atoms with van der Waals surface area (Å²) in [6, 6.07) is 15.2. The molecule has 0 spiro atoms. The third-order valence-electron chi connectivity index (χ3n) is 3.56. The largest absolute Gasteiger partial charge is 0.329 e. The fraction of sp³-hybridized carbons (Fsp3) is 0.353. The van der Waals surface area contributed by atoms with Gasteiger partial charge < -0.3 is 5.73 Å². The monoisotopic (exact) mass is 269 g/mol. The second-order valence-corrected chi connectivity index (χ2v) is 5.29. The lowest BCUT2D eigenvalue weighted by Crippen LogP contribution is -2.38. The van der Waals surface area contributed by atoms with Gasteiger partial charge in [-0.25, -0.2) is 0 Å². The molecule has 2 N–H and O–H groups in total. The van der Waals surface area contributed by atoms with Gasteiger partial charge in [0.15, 0.2) is 0 Å². The number of benzene rings is 1. The van der Waals surface area contributed by atoms with Crippen LogP contribution in [0.1, 0.15) is 31.0 Å². The van der Waals surface area contributed by atoms with Crippen LogP contribution in [-0.4, -0.2) is 22.5 Å². The molecule has 1 aromatic carbocycles. The molecule has 0 aliphatic carbocycles. The summed E-state index contributed by atoms with van der Waals surface area (Å²) in [6.45, 7) is 5.91. The molecule has 0 radical (unpaired) electrons. The molecule has 2 rings (SSSR count). The van der Waals surface area contributed by atoms with E-state index in [9.17, 15) is 0 Å². The average molecular weight is 269 g/mol. The molecule has 2 aromatic rings. The highest BCUT2D eigenvalue weighted by molar-refractivity contribution is 5.18. The standard InChI is InChI=1S/C17H23N3/c1-14(2)20(13-15-7-4-3-5-8-15)17(11-18)16-9-6-10-19-12-16/h3-10,12,14,17H,11,13,18H2,1-2H3. The Hall–Kier alpha value is -1.71. The van der Waals surface area contributed by atoms with E-state index in [0.29, 0.717) is 12.6 Å². The van der Waals surface area contributed by atoms with Crippen molar-refractivity contribution < 1.29 is 0 Å². The highest BCUT2D eigenvalue weighted by Crippen LogP contribution is 2.23. The molecule has 1 aromatic heterocycles. The van der Waals surface area contributed by atoms with Gasteiger partial charge in [0, 0.05) is 37.6 Å². The zero-order chi connectivity index (χ0) is 14.4. The number of hydrogen-bond donors (Lipinski definition) is 1. The van der Waals surface area contributed by atoms with Crippen molar-refractivity contribution >= 4 is 0 Å². The Morgan fingerprint density at radius 1 is 1.10 bits per heavy atom. The van der Waals surface area contributed by atoms with E-state index in [1.54, 1.807) is 6.20 Å². The lowest BCUT2D eigenvalue weighted by Gasteiger charge is -2.34. The van der Waals surface area contributed by atoms with E-state index in [2.05, 4.69) is 54.1 Å². The van der Waals surface area contributed by atoms with Crippen molar-refractivity contribution in [3.05, 3.63) is 66.0 Å². The molecule has 1 heterocycles. The van der Waals surface area contributed by atoms with Crippen LogP contribution in [0.25, 0.3) is 0 Å². The maximum Gasteiger partial charge on any atom is 0.0491 e. The maximum absolute atomic E-state index is 6.03. The van der Waals surface area contributed by atoms with Crippen molar-refractivity contribution in [2.75, 3.05) is 6.54 Å². The van der Waals surface area contributed by atoms with E-state index in [4.69, 9.17) is 5.73 Å². The number of aromatic nitrogens is 1. The fourth-order valence-corrected chi connectivity index (χ4v) is 2.48. The Kier molecular flexibility index (Phi) is 5.27. The summed E-state index contributed by atoms with van der Waals surface area (Å²) < 4.78 is 0. The van der Waals surface area contributed by atoms with Crippen LogP contribution in [0.3, 0.4) is 0 Å². The minimum atomic E-state index is 0.198. The molecular formula is C17H23N3. The first-order valence-electron chi connectivity index (χ1n) is 7.12. The lowest BCUT2D eigenvalue weighted by molar-refractivity contribution is 0.147. The molecule has 1 unspecified atom stereocenters. The minimum Gasteiger partial charge on any atom is -0.329 e. The van der Waals surface area contributed by atoms with Crippen molar-refractivity contribution in [2.24, 2.45) is 5.73 Å². The summed E-state index contributed by atoms with van der Waals surface area (Å²) in [7, 11) is 0. The summed E-state index contributed by atoms with van der Waals surface area (Å²) in [4.78, 5) is 6.64. The second kappa shape index (κ2) is 7.17. The number of nitrogens with zero attached hydrogens (tertiary/aromatic N) is 2. The first-order valence-corrected chi connectivity index (χ1v) is 7.12. The van der Waals surface area contributed by atoms with Gasteiger partial charge >= 0.3 is 0 Å². The van der Waals surface area contributed by atoms with Crippen molar-refractivity contribution in [1.29, 1.82) is 0 Å². The van der Waals surface area contributed by atoms with Crippen LogP contribution in [0.15, 0.2) is 54.9 Å². The van der Waals surface area contributed by atoms with Crippen molar-refractivity contribution in [2.45, 2.75) is 32.5 Å². The zero-order valence-electron chi connectivity index (χ0n) is 12.2. The predicted molar refractivity (Wildman–Crippen MR) is 83.2 cm³/mol. The van der Waals surface area contributed by atoms with Crippen LogP contribution in [-0.2, 0) is 6.54 Å². The van der Waals surface area contributed by atoms with Crippen molar-refractivity contribution in [3.8, 4) is 0 Å². The third kappa shape index (κ3) is 3.65. The quantitative estimate of drug-likeness (QED) is 0.876. The lowest BCUT2D eigenvalue weighted by atomic mass is 10.0. The fourth-order valence-electron chi connectivity index (χ4n) is 2.48. The molecule has 0 fully saturated rings. The van der Waals surface area contributed by atoms with Crippen molar-refractivity contribution in [3.63, 3.8) is 0 Å². The van der Waals surface area contributed by atoms with Crippen LogP contribution in [0.5, 0.6) is 0 Å². The highest BCUT2D eigenvalue weighted by atomic mass is 15.2. The maximum atomic E-state index is 6.03. The molecule has 0 aliphatic heterocycles. The third-order valence-corrected chi connectivity index (χ3v) is 3.56. The van der Waals surface area contributed by atoms with Gasteiger partial charge in [0.1, 0.15) is 0 Å². The first kappa shape index (κ1) is 14.7. The Morgan fingerprint density at radius 3 is 2.40 bits per heavy atom. The molecule has 0 aliphatic rings. The molecule has 106 valence electrons. The number of pyridine rings is 1. The van der Waals surface area contributed by atoms with Gasteiger partial charge in [-0.05, 0) is 31.0 Å². The number of nitrogens with two attached hydrogens (primary N) is 1. The van der Waals surface area contributed by atoms with E-state index in [0.717, 1.165) is 6.54 Å². The van der Waals surface area contributed by atoms with E-state index in [1.807, 2.05) is 18.3 Å². The van der Waals surface area contributed by atoms with Crippen molar-refractivity contribution in [1.82, 2.24) is 9.88 Å². The van der Waals surface area contributed by atoms with Gasteiger partial charge in [-0.2, -0.15) is 0 Å². The summed E-state index contributed by atoms with van der Waals surface area (Å²) >= 11 is 0. The Morgan fingerprint density at radius 2 is 1.85 bits per heavy atom. The topological polar surface area (TPSA) is 42.1 Å². The van der Waals surface area contributed by atoms with Crippen LogP contribution in [0, 0.1) is 0 Å². The molecule has 3 heteroatoms. The van der Waals surface area contributed by atoms with Crippen LogP contribution < -0.4 is 5.73 Å². The van der Waals surface area contributed by atoms with E-state index in [-0.39, 0.29) is 6.04 Å². The Balaban J connectivity index is 2.22. The molecule has 0 saturated carbocycles. The molecule has 0 amide bonds. The van der Waals surface area contributed by atoms with E-state index < -0.39 is 0 Å². The summed E-state index contributed by atoms with van der Waals surface area (Å²) in [5.74, 6) is 0. The number of hydrogen-bond acceptors (Lipinski definition) is 3. The highest BCUT2D eigenvalue weighted by Gasteiger charge is 2.21. The van der Waals surface area contributed by atoms with Gasteiger partial charge in [0.05, 0.1) is 0 Å². The predicted octanol–water partition coefficient (Wildman–Crippen LogP) is 2.99. The SMILES string of the molecule is CC(C)N(Cc1ccccc1)C(CN)c1cccnc1. The Labute approximate surface area is 121 Å². The Bertz CT molecular complexity index is 496. The van der Waals surface area contributed by atoms with Crippen LogP contribution in [0.4, 0.5) is 0 Å². The van der Waals surface area contributed by atoms with Gasteiger partial charge in [0.25, 0.3) is 0 Å². The van der Waals surface area contributed by atoms with Gasteiger partial charge in [-0.1, -0.05) is 36.4 Å². The van der Waals surface area contributed by atoms with Crippen LogP contribution in [0.2, 0.25) is 0 Å². The van der Waals surface area contributed by atoms with Crippen LogP contribution >= 0.6 is 0 Å². The zero-order valence-corrected chi connectivity index (χ0v) is 12.2. The molecule has 0 saturated heterocycles. The molecule has 0 bridgehead atoms. The van der Waals surface area contributed by atoms with E-state index in [1.165, 1.54) is 11.1 Å². The normalized spacial score (nSPS) is 12.8. The molecular weight excluding hydrogens is 246 g/mol.